The van der Waals surface area contributed by atoms with Crippen molar-refractivity contribution in [1.82, 2.24) is 10.6 Å². The third kappa shape index (κ3) is 8.64. The van der Waals surface area contributed by atoms with Crippen LogP contribution in [0.15, 0.2) is 0 Å². The molecule has 0 heterocycles. The average molecular weight is 232 g/mol. The summed E-state index contributed by atoms with van der Waals surface area (Å²) in [4.78, 5) is 10.9. The third-order valence-electron chi connectivity index (χ3n) is 2.07. The summed E-state index contributed by atoms with van der Waals surface area (Å²) in [5, 5.41) is 5.75. The van der Waals surface area contributed by atoms with E-state index >= 15 is 0 Å². The quantitative estimate of drug-likeness (QED) is 0.425. The zero-order chi connectivity index (χ0) is 12.2. The minimum Gasteiger partial charge on any atom is -0.359 e. The zero-order valence-electron chi connectivity index (χ0n) is 10.5. The molecule has 0 fully saturated rings. The first kappa shape index (κ1) is 15.3. The van der Waals surface area contributed by atoms with E-state index in [1.807, 2.05) is 13.8 Å². The van der Waals surface area contributed by atoms with Crippen LogP contribution in [0.4, 0.5) is 0 Å². The van der Waals surface area contributed by atoms with Crippen molar-refractivity contribution in [1.29, 1.82) is 0 Å². The molecular formula is C11H24N2O3. The van der Waals surface area contributed by atoms with E-state index in [2.05, 4.69) is 10.6 Å². The van der Waals surface area contributed by atoms with Crippen molar-refractivity contribution in [3.8, 4) is 0 Å². The molecule has 1 amide bonds. The van der Waals surface area contributed by atoms with Crippen LogP contribution in [0.2, 0.25) is 0 Å². The Morgan fingerprint density at radius 1 is 1.19 bits per heavy atom. The molecule has 0 aliphatic carbocycles. The monoisotopic (exact) mass is 232 g/mol. The Labute approximate surface area is 97.9 Å². The first-order valence-electron chi connectivity index (χ1n) is 5.89. The van der Waals surface area contributed by atoms with Gasteiger partial charge in [-0.2, -0.15) is 0 Å². The predicted octanol–water partition coefficient (Wildman–Crippen LogP) is 0.501. The lowest BCUT2D eigenvalue weighted by Crippen LogP contribution is -2.28. The van der Waals surface area contributed by atoms with Gasteiger partial charge in [0.25, 0.3) is 0 Å². The Hall–Kier alpha value is -0.650. The van der Waals surface area contributed by atoms with Crippen LogP contribution in [0, 0.1) is 0 Å². The SMILES string of the molecule is CCOC(CCNCCC(=O)NC)OCC. The van der Waals surface area contributed by atoms with E-state index in [0.717, 1.165) is 13.0 Å². The number of amides is 1. The molecule has 2 N–H and O–H groups in total. The lowest BCUT2D eigenvalue weighted by molar-refractivity contribution is -0.138. The second-order valence-electron chi connectivity index (χ2n) is 3.30. The Balaban J connectivity index is 3.42. The first-order chi connectivity index (χ1) is 7.74. The van der Waals surface area contributed by atoms with Crippen molar-refractivity contribution in [3.63, 3.8) is 0 Å². The number of ether oxygens (including phenoxy) is 2. The minimum atomic E-state index is -0.137. The van der Waals surface area contributed by atoms with Gasteiger partial charge in [-0.3, -0.25) is 4.79 Å². The van der Waals surface area contributed by atoms with Crippen molar-refractivity contribution in [3.05, 3.63) is 0 Å². The highest BCUT2D eigenvalue weighted by Gasteiger charge is 2.06. The molecule has 0 spiro atoms. The van der Waals surface area contributed by atoms with Crippen molar-refractivity contribution in [2.24, 2.45) is 0 Å². The molecule has 0 atom stereocenters. The maximum absolute atomic E-state index is 10.9. The lowest BCUT2D eigenvalue weighted by atomic mass is 10.3. The molecule has 0 radical (unpaired) electrons. The summed E-state index contributed by atoms with van der Waals surface area (Å²) < 4.78 is 10.8. The smallest absolute Gasteiger partial charge is 0.221 e. The van der Waals surface area contributed by atoms with Gasteiger partial charge in [-0.1, -0.05) is 0 Å². The van der Waals surface area contributed by atoms with Crippen LogP contribution in [0.3, 0.4) is 0 Å². The van der Waals surface area contributed by atoms with Crippen LogP contribution < -0.4 is 10.6 Å². The number of hydrogen-bond acceptors (Lipinski definition) is 4. The number of nitrogens with one attached hydrogen (secondary N) is 2. The summed E-state index contributed by atoms with van der Waals surface area (Å²) in [5.74, 6) is 0.0543. The predicted molar refractivity (Wildman–Crippen MR) is 63.2 cm³/mol. The Bertz CT molecular complexity index is 171. The summed E-state index contributed by atoms with van der Waals surface area (Å²) in [5.41, 5.74) is 0. The van der Waals surface area contributed by atoms with Crippen molar-refractivity contribution in [2.45, 2.75) is 33.0 Å². The van der Waals surface area contributed by atoms with E-state index < -0.39 is 0 Å². The molecule has 0 aliphatic heterocycles. The molecule has 0 bridgehead atoms. The van der Waals surface area contributed by atoms with Crippen LogP contribution in [0.25, 0.3) is 0 Å². The molecule has 0 aromatic heterocycles. The molecule has 5 heteroatoms. The maximum atomic E-state index is 10.9. The molecule has 0 rings (SSSR count). The number of carbonyl (C=O) groups excluding carboxylic acids is 1. The van der Waals surface area contributed by atoms with Gasteiger partial charge in [0, 0.05) is 39.6 Å². The third-order valence-corrected chi connectivity index (χ3v) is 2.07. The van der Waals surface area contributed by atoms with E-state index in [0.29, 0.717) is 26.2 Å². The second-order valence-corrected chi connectivity index (χ2v) is 3.30. The molecule has 0 aliphatic rings. The van der Waals surface area contributed by atoms with Crippen LogP contribution in [0.1, 0.15) is 26.7 Å². The largest absolute Gasteiger partial charge is 0.359 e. The summed E-state index contributed by atoms with van der Waals surface area (Å²) in [6.45, 7) is 6.69. The molecule has 96 valence electrons. The van der Waals surface area contributed by atoms with Crippen LogP contribution in [-0.4, -0.2) is 45.5 Å². The van der Waals surface area contributed by atoms with Crippen LogP contribution in [-0.2, 0) is 14.3 Å². The van der Waals surface area contributed by atoms with E-state index in [1.54, 1.807) is 7.05 Å². The van der Waals surface area contributed by atoms with Gasteiger partial charge in [-0.05, 0) is 20.4 Å². The Kier molecular flexibility index (Phi) is 10.4. The molecule has 0 aromatic carbocycles. The maximum Gasteiger partial charge on any atom is 0.221 e. The first-order valence-corrected chi connectivity index (χ1v) is 5.89. The van der Waals surface area contributed by atoms with E-state index in [-0.39, 0.29) is 12.2 Å². The highest BCUT2D eigenvalue weighted by atomic mass is 16.7. The number of hydrogen-bond donors (Lipinski definition) is 2. The second kappa shape index (κ2) is 10.9. The molecule has 0 unspecified atom stereocenters. The molecule has 5 nitrogen and oxygen atoms in total. The average Bonchev–Trinajstić information content (AvgIpc) is 2.28. The fourth-order valence-corrected chi connectivity index (χ4v) is 1.26. The van der Waals surface area contributed by atoms with Crippen molar-refractivity contribution >= 4 is 5.91 Å². The highest BCUT2D eigenvalue weighted by molar-refractivity contribution is 5.75. The van der Waals surface area contributed by atoms with Gasteiger partial charge in [0.1, 0.15) is 0 Å². The van der Waals surface area contributed by atoms with E-state index in [9.17, 15) is 4.79 Å². The van der Waals surface area contributed by atoms with Gasteiger partial charge >= 0.3 is 0 Å². The number of rotatable bonds is 10. The van der Waals surface area contributed by atoms with Gasteiger partial charge in [-0.15, -0.1) is 0 Å². The van der Waals surface area contributed by atoms with Gasteiger partial charge < -0.3 is 20.1 Å². The summed E-state index contributed by atoms with van der Waals surface area (Å²) >= 11 is 0. The highest BCUT2D eigenvalue weighted by Crippen LogP contribution is 1.99. The van der Waals surface area contributed by atoms with Gasteiger partial charge in [-0.25, -0.2) is 0 Å². The Morgan fingerprint density at radius 3 is 2.31 bits per heavy atom. The van der Waals surface area contributed by atoms with Crippen molar-refractivity contribution in [2.75, 3.05) is 33.4 Å². The van der Waals surface area contributed by atoms with E-state index in [4.69, 9.17) is 9.47 Å². The molecule has 0 aromatic rings. The summed E-state index contributed by atoms with van der Waals surface area (Å²) in [6, 6.07) is 0. The van der Waals surface area contributed by atoms with Gasteiger partial charge in [0.05, 0.1) is 0 Å². The van der Waals surface area contributed by atoms with Crippen molar-refractivity contribution < 1.29 is 14.3 Å². The molecule has 0 saturated carbocycles. The lowest BCUT2D eigenvalue weighted by Gasteiger charge is -2.16. The summed E-state index contributed by atoms with van der Waals surface area (Å²) in [6.07, 6.45) is 1.17. The van der Waals surface area contributed by atoms with Gasteiger partial charge in [0.2, 0.25) is 5.91 Å². The van der Waals surface area contributed by atoms with E-state index in [1.165, 1.54) is 0 Å². The summed E-state index contributed by atoms with van der Waals surface area (Å²) in [7, 11) is 1.64. The molecular weight excluding hydrogens is 208 g/mol. The van der Waals surface area contributed by atoms with Gasteiger partial charge in [0.15, 0.2) is 6.29 Å². The number of carbonyl (C=O) groups is 1. The van der Waals surface area contributed by atoms with Crippen LogP contribution >= 0.6 is 0 Å². The topological polar surface area (TPSA) is 59.6 Å². The van der Waals surface area contributed by atoms with Crippen LogP contribution in [0.5, 0.6) is 0 Å². The zero-order valence-corrected chi connectivity index (χ0v) is 10.5. The fourth-order valence-electron chi connectivity index (χ4n) is 1.26. The fraction of sp³-hybridized carbons (Fsp3) is 0.909. The minimum absolute atomic E-state index is 0.0543. The molecule has 16 heavy (non-hydrogen) atoms. The Morgan fingerprint density at radius 2 is 1.81 bits per heavy atom. The standard InChI is InChI=1S/C11H24N2O3/c1-4-15-11(16-5-2)7-9-13-8-6-10(14)12-3/h11,13H,4-9H2,1-3H3,(H,12,14). The normalized spacial score (nSPS) is 10.8. The molecule has 0 saturated heterocycles.